The summed E-state index contributed by atoms with van der Waals surface area (Å²) in [6, 6.07) is 13.4. The van der Waals surface area contributed by atoms with Crippen LogP contribution in [0.5, 0.6) is 0 Å². The number of imidazole rings is 1. The van der Waals surface area contributed by atoms with Gasteiger partial charge < -0.3 is 10.1 Å². The van der Waals surface area contributed by atoms with Crippen molar-refractivity contribution >= 4 is 38.2 Å². The molecule has 0 radical (unpaired) electrons. The third-order valence-corrected chi connectivity index (χ3v) is 7.93. The SMILES string of the molecule is CNC(=O)c1ccc(-c2cn3c(n2)sc2cc(C(=O)CCC(C)(C)N4CCOCC4)ccc23)cc1. The fourth-order valence-corrected chi connectivity index (χ4v) is 5.69. The quantitative estimate of drug-likeness (QED) is 0.382. The van der Waals surface area contributed by atoms with Crippen LogP contribution in [0.15, 0.2) is 48.7 Å². The molecule has 0 spiro atoms. The van der Waals surface area contributed by atoms with Gasteiger partial charge in [0, 0.05) is 55.0 Å². The summed E-state index contributed by atoms with van der Waals surface area (Å²) in [7, 11) is 1.62. The first-order chi connectivity index (χ1) is 16.9. The summed E-state index contributed by atoms with van der Waals surface area (Å²) >= 11 is 1.58. The maximum atomic E-state index is 13.0. The maximum Gasteiger partial charge on any atom is 0.251 e. The number of ketones is 1. The molecular formula is C27H30N4O3S. The third-order valence-electron chi connectivity index (χ3n) is 6.92. The monoisotopic (exact) mass is 490 g/mol. The van der Waals surface area contributed by atoms with Gasteiger partial charge in [-0.2, -0.15) is 0 Å². The predicted molar refractivity (Wildman–Crippen MR) is 139 cm³/mol. The molecule has 7 nitrogen and oxygen atoms in total. The Hall–Kier alpha value is -3.07. The molecule has 1 fully saturated rings. The van der Waals surface area contributed by atoms with Gasteiger partial charge in [0.25, 0.3) is 5.91 Å². The summed E-state index contributed by atoms with van der Waals surface area (Å²) < 4.78 is 8.59. The van der Waals surface area contributed by atoms with E-state index in [4.69, 9.17) is 9.72 Å². The van der Waals surface area contributed by atoms with Crippen LogP contribution in [0.4, 0.5) is 0 Å². The molecular weight excluding hydrogens is 460 g/mol. The molecule has 1 saturated heterocycles. The minimum Gasteiger partial charge on any atom is -0.379 e. The fraction of sp³-hybridized carbons (Fsp3) is 0.370. The van der Waals surface area contributed by atoms with Crippen molar-refractivity contribution in [1.29, 1.82) is 0 Å². The van der Waals surface area contributed by atoms with Gasteiger partial charge in [0.2, 0.25) is 0 Å². The Bertz CT molecular complexity index is 1380. The summed E-state index contributed by atoms with van der Waals surface area (Å²) in [5.74, 6) is 0.0690. The van der Waals surface area contributed by atoms with Crippen LogP contribution < -0.4 is 5.32 Å². The lowest BCUT2D eigenvalue weighted by atomic mass is 9.92. The van der Waals surface area contributed by atoms with Crippen molar-refractivity contribution in [2.75, 3.05) is 33.4 Å². The molecule has 35 heavy (non-hydrogen) atoms. The number of amides is 1. The summed E-state index contributed by atoms with van der Waals surface area (Å²) in [5.41, 5.74) is 4.19. The van der Waals surface area contributed by atoms with E-state index in [-0.39, 0.29) is 17.2 Å². The van der Waals surface area contributed by atoms with Gasteiger partial charge in [-0.25, -0.2) is 4.98 Å². The number of ether oxygens (including phenoxy) is 1. The van der Waals surface area contributed by atoms with E-state index in [1.165, 1.54) is 0 Å². The molecule has 1 aliphatic heterocycles. The van der Waals surface area contributed by atoms with Gasteiger partial charge in [0.05, 0.1) is 29.1 Å². The van der Waals surface area contributed by atoms with E-state index in [1.54, 1.807) is 30.5 Å². The number of nitrogens with zero attached hydrogens (tertiary/aromatic N) is 3. The first-order valence-corrected chi connectivity index (χ1v) is 12.8. The number of benzene rings is 2. The number of carbonyl (C=O) groups excluding carboxylic acids is 2. The van der Waals surface area contributed by atoms with Crippen LogP contribution in [0.1, 0.15) is 47.4 Å². The highest BCUT2D eigenvalue weighted by Gasteiger charge is 2.28. The first kappa shape index (κ1) is 23.7. The predicted octanol–water partition coefficient (Wildman–Crippen LogP) is 4.65. The van der Waals surface area contributed by atoms with Crippen molar-refractivity contribution in [1.82, 2.24) is 19.6 Å². The zero-order valence-corrected chi connectivity index (χ0v) is 21.2. The molecule has 0 aliphatic carbocycles. The van der Waals surface area contributed by atoms with Gasteiger partial charge in [-0.1, -0.05) is 23.5 Å². The Morgan fingerprint density at radius 2 is 1.80 bits per heavy atom. The van der Waals surface area contributed by atoms with E-state index < -0.39 is 0 Å². The Kier molecular flexibility index (Phi) is 6.44. The molecule has 2 aromatic heterocycles. The van der Waals surface area contributed by atoms with Crippen LogP contribution in [0, 0.1) is 0 Å². The molecule has 0 bridgehead atoms. The van der Waals surface area contributed by atoms with Crippen LogP contribution in [-0.2, 0) is 4.74 Å². The van der Waals surface area contributed by atoms with Crippen molar-refractivity contribution in [3.8, 4) is 11.3 Å². The topological polar surface area (TPSA) is 75.9 Å². The molecule has 182 valence electrons. The molecule has 1 N–H and O–H groups in total. The van der Waals surface area contributed by atoms with Gasteiger partial charge in [-0.15, -0.1) is 0 Å². The number of hydrogen-bond donors (Lipinski definition) is 1. The number of carbonyl (C=O) groups is 2. The van der Waals surface area contributed by atoms with E-state index in [0.29, 0.717) is 12.0 Å². The van der Waals surface area contributed by atoms with Crippen LogP contribution >= 0.6 is 11.3 Å². The summed E-state index contributed by atoms with van der Waals surface area (Å²) in [6.45, 7) is 7.79. The average molecular weight is 491 g/mol. The van der Waals surface area contributed by atoms with Gasteiger partial charge in [-0.3, -0.25) is 18.9 Å². The highest BCUT2D eigenvalue weighted by atomic mass is 32.1. The van der Waals surface area contributed by atoms with Crippen molar-refractivity contribution in [3.05, 3.63) is 59.8 Å². The zero-order chi connectivity index (χ0) is 24.6. The van der Waals surface area contributed by atoms with Gasteiger partial charge in [0.1, 0.15) is 0 Å². The second-order valence-electron chi connectivity index (χ2n) is 9.55. The maximum absolute atomic E-state index is 13.0. The van der Waals surface area contributed by atoms with E-state index in [0.717, 1.165) is 64.7 Å². The van der Waals surface area contributed by atoms with Gasteiger partial charge >= 0.3 is 0 Å². The van der Waals surface area contributed by atoms with Crippen molar-refractivity contribution in [2.24, 2.45) is 0 Å². The Balaban J connectivity index is 1.32. The Morgan fingerprint density at radius 1 is 1.09 bits per heavy atom. The number of nitrogens with one attached hydrogen (secondary N) is 1. The molecule has 2 aromatic carbocycles. The lowest BCUT2D eigenvalue weighted by Crippen LogP contribution is -2.50. The molecule has 5 rings (SSSR count). The first-order valence-electron chi connectivity index (χ1n) is 12.0. The standard InChI is InChI=1S/C27H30N4O3S/c1-27(2,30-12-14-34-15-13-30)11-10-23(32)20-8-9-22-24(16-20)35-26-29-21(17-31(22)26)18-4-6-19(7-5-18)25(33)28-3/h4-9,16-17H,10-15H2,1-3H3,(H,28,33). The number of Topliss-reactive ketones (excluding diaryl/α,β-unsaturated/α-hetero) is 1. The smallest absolute Gasteiger partial charge is 0.251 e. The van der Waals surface area contributed by atoms with E-state index in [2.05, 4.69) is 28.5 Å². The number of hydrogen-bond acceptors (Lipinski definition) is 6. The minimum atomic E-state index is -0.108. The third kappa shape index (κ3) is 4.74. The number of aromatic nitrogens is 2. The number of thiazole rings is 1. The lowest BCUT2D eigenvalue weighted by Gasteiger charge is -2.40. The highest BCUT2D eigenvalue weighted by Crippen LogP contribution is 2.31. The van der Waals surface area contributed by atoms with Crippen molar-refractivity contribution < 1.29 is 14.3 Å². The number of fused-ring (bicyclic) bond motifs is 3. The summed E-state index contributed by atoms with van der Waals surface area (Å²) in [5, 5.41) is 2.63. The normalized spacial score (nSPS) is 15.1. The van der Waals surface area contributed by atoms with E-state index >= 15 is 0 Å². The fourth-order valence-electron chi connectivity index (χ4n) is 4.64. The molecule has 3 heterocycles. The molecule has 1 aliphatic rings. The highest BCUT2D eigenvalue weighted by molar-refractivity contribution is 7.23. The molecule has 0 atom stereocenters. The van der Waals surface area contributed by atoms with Crippen LogP contribution in [0.3, 0.4) is 0 Å². The molecule has 0 saturated carbocycles. The second kappa shape index (κ2) is 9.53. The number of rotatable bonds is 7. The lowest BCUT2D eigenvalue weighted by molar-refractivity contribution is -0.0129. The minimum absolute atomic E-state index is 0.0257. The number of morpholine rings is 1. The molecule has 0 unspecified atom stereocenters. The van der Waals surface area contributed by atoms with E-state index in [1.807, 2.05) is 36.5 Å². The van der Waals surface area contributed by atoms with Crippen molar-refractivity contribution in [3.63, 3.8) is 0 Å². The second-order valence-corrected chi connectivity index (χ2v) is 10.6. The molecule has 1 amide bonds. The van der Waals surface area contributed by atoms with E-state index in [9.17, 15) is 9.59 Å². The van der Waals surface area contributed by atoms with Gasteiger partial charge in [0.15, 0.2) is 10.7 Å². The average Bonchev–Trinajstić information content (AvgIpc) is 3.45. The van der Waals surface area contributed by atoms with Crippen LogP contribution in [0.2, 0.25) is 0 Å². The Morgan fingerprint density at radius 3 is 2.51 bits per heavy atom. The summed E-state index contributed by atoms with van der Waals surface area (Å²) in [6.07, 6.45) is 3.35. The largest absolute Gasteiger partial charge is 0.379 e. The van der Waals surface area contributed by atoms with Crippen molar-refractivity contribution in [2.45, 2.75) is 32.2 Å². The van der Waals surface area contributed by atoms with Crippen LogP contribution in [-0.4, -0.2) is 64.9 Å². The summed E-state index contributed by atoms with van der Waals surface area (Å²) in [4.78, 5) is 32.9. The molecule has 4 aromatic rings. The van der Waals surface area contributed by atoms with Gasteiger partial charge in [-0.05, 0) is 50.6 Å². The Labute approximate surface area is 208 Å². The zero-order valence-electron chi connectivity index (χ0n) is 20.3. The molecule has 8 heteroatoms. The van der Waals surface area contributed by atoms with Crippen LogP contribution in [0.25, 0.3) is 26.4 Å².